The van der Waals surface area contributed by atoms with Crippen LogP contribution in [0.15, 0.2) is 36.4 Å². The molecule has 13 heteroatoms. The zero-order valence-electron chi connectivity index (χ0n) is 21.3. The van der Waals surface area contributed by atoms with E-state index in [-0.39, 0.29) is 41.2 Å². The van der Waals surface area contributed by atoms with Crippen molar-refractivity contribution in [3.05, 3.63) is 58.1 Å². The predicted octanol–water partition coefficient (Wildman–Crippen LogP) is 3.41. The van der Waals surface area contributed by atoms with Crippen LogP contribution in [0, 0.1) is 0 Å². The van der Waals surface area contributed by atoms with Crippen LogP contribution in [0.2, 0.25) is 5.02 Å². The molecule has 0 radical (unpaired) electrons. The Balaban J connectivity index is 1.38. The minimum atomic E-state index is -1.06. The summed E-state index contributed by atoms with van der Waals surface area (Å²) < 4.78 is 5.21. The fourth-order valence-electron chi connectivity index (χ4n) is 4.10. The van der Waals surface area contributed by atoms with Gasteiger partial charge >= 0.3 is 12.1 Å². The van der Waals surface area contributed by atoms with E-state index in [1.165, 1.54) is 24.3 Å². The van der Waals surface area contributed by atoms with Crippen molar-refractivity contribution >= 4 is 58.7 Å². The highest BCUT2D eigenvalue weighted by Crippen LogP contribution is 2.29. The number of piperidine rings is 1. The summed E-state index contributed by atoms with van der Waals surface area (Å²) in [4.78, 5) is 74.9. The van der Waals surface area contributed by atoms with Gasteiger partial charge in [-0.25, -0.2) is 9.59 Å². The van der Waals surface area contributed by atoms with Gasteiger partial charge in [-0.05, 0) is 63.1 Å². The molecule has 2 aromatic rings. The van der Waals surface area contributed by atoms with Crippen LogP contribution >= 0.6 is 11.6 Å². The molecule has 1 fully saturated rings. The lowest BCUT2D eigenvalue weighted by Crippen LogP contribution is -2.54. The van der Waals surface area contributed by atoms with Crippen LogP contribution in [0.4, 0.5) is 21.0 Å². The Morgan fingerprint density at radius 3 is 2.44 bits per heavy atom. The molecule has 1 atom stereocenters. The van der Waals surface area contributed by atoms with Crippen molar-refractivity contribution < 1.29 is 33.5 Å². The average Bonchev–Trinajstić information content (AvgIpc) is 3.08. The van der Waals surface area contributed by atoms with E-state index in [0.717, 1.165) is 4.90 Å². The summed E-state index contributed by atoms with van der Waals surface area (Å²) in [5.41, 5.74) is 0.677. The lowest BCUT2D eigenvalue weighted by atomic mass is 10.0. The van der Waals surface area contributed by atoms with Crippen molar-refractivity contribution in [1.82, 2.24) is 15.5 Å². The first-order chi connectivity index (χ1) is 18.3. The molecule has 0 aliphatic carbocycles. The van der Waals surface area contributed by atoms with Crippen LogP contribution in [0.25, 0.3) is 0 Å². The van der Waals surface area contributed by atoms with E-state index in [2.05, 4.69) is 21.3 Å². The van der Waals surface area contributed by atoms with Gasteiger partial charge in [0.2, 0.25) is 11.8 Å². The normalized spacial score (nSPS) is 16.9. The Morgan fingerprint density at radius 2 is 1.74 bits per heavy atom. The second-order valence-corrected chi connectivity index (χ2v) is 10.4. The number of ether oxygens (including phenoxy) is 1. The second-order valence-electron chi connectivity index (χ2n) is 9.96. The number of carbonyl (C=O) groups excluding carboxylic acids is 6. The number of urea groups is 1. The van der Waals surface area contributed by atoms with Crippen molar-refractivity contribution in [3.8, 4) is 0 Å². The quantitative estimate of drug-likeness (QED) is 0.411. The lowest BCUT2D eigenvalue weighted by molar-refractivity contribution is -0.136. The van der Waals surface area contributed by atoms with Gasteiger partial charge in [-0.2, -0.15) is 0 Å². The van der Waals surface area contributed by atoms with Crippen LogP contribution in [-0.2, 0) is 20.9 Å². The molecule has 2 heterocycles. The number of amides is 7. The van der Waals surface area contributed by atoms with Crippen molar-refractivity contribution in [3.63, 3.8) is 0 Å². The Kier molecular flexibility index (Phi) is 7.59. The molecule has 204 valence electrons. The van der Waals surface area contributed by atoms with E-state index < -0.39 is 47.4 Å². The first-order valence-corrected chi connectivity index (χ1v) is 12.4. The highest BCUT2D eigenvalue weighted by molar-refractivity contribution is 6.33. The topological polar surface area (TPSA) is 163 Å². The fraction of sp³-hybridized carbons (Fsp3) is 0.308. The van der Waals surface area contributed by atoms with Gasteiger partial charge in [0, 0.05) is 18.7 Å². The van der Waals surface area contributed by atoms with E-state index >= 15 is 0 Å². The molecular weight excluding hydrogens is 530 g/mol. The van der Waals surface area contributed by atoms with E-state index in [9.17, 15) is 28.8 Å². The second kappa shape index (κ2) is 10.7. The SMILES string of the molecule is CC(C)(C)OC(=O)Nc1cc(NC(=O)NCc2ccc3c(c2)C(=O)N(C2CCC(=O)NC2=O)C3=O)ccc1Cl. The van der Waals surface area contributed by atoms with Crippen molar-refractivity contribution in [2.75, 3.05) is 10.6 Å². The summed E-state index contributed by atoms with van der Waals surface area (Å²) in [6, 6.07) is 7.41. The summed E-state index contributed by atoms with van der Waals surface area (Å²) >= 11 is 6.14. The number of imide groups is 2. The minimum absolute atomic E-state index is 0.0234. The lowest BCUT2D eigenvalue weighted by Gasteiger charge is -2.27. The fourth-order valence-corrected chi connectivity index (χ4v) is 4.26. The van der Waals surface area contributed by atoms with Gasteiger partial charge in [0.05, 0.1) is 21.8 Å². The number of fused-ring (bicyclic) bond motifs is 1. The molecule has 0 saturated carbocycles. The van der Waals surface area contributed by atoms with E-state index in [0.29, 0.717) is 11.3 Å². The van der Waals surface area contributed by atoms with Gasteiger partial charge in [0.25, 0.3) is 11.8 Å². The van der Waals surface area contributed by atoms with E-state index in [1.54, 1.807) is 32.9 Å². The van der Waals surface area contributed by atoms with Gasteiger partial charge in [-0.15, -0.1) is 0 Å². The van der Waals surface area contributed by atoms with Gasteiger partial charge in [0.1, 0.15) is 11.6 Å². The number of carbonyl (C=O) groups is 6. The highest BCUT2D eigenvalue weighted by atomic mass is 35.5. The number of nitrogens with zero attached hydrogens (tertiary/aromatic N) is 1. The van der Waals surface area contributed by atoms with Crippen LogP contribution in [0.1, 0.15) is 59.9 Å². The maximum absolute atomic E-state index is 13.0. The highest BCUT2D eigenvalue weighted by Gasteiger charge is 2.44. The number of anilines is 2. The minimum Gasteiger partial charge on any atom is -0.444 e. The number of nitrogens with one attached hydrogen (secondary N) is 4. The van der Waals surface area contributed by atoms with Crippen LogP contribution in [-0.4, -0.2) is 52.3 Å². The Labute approximate surface area is 228 Å². The molecule has 2 aromatic carbocycles. The van der Waals surface area contributed by atoms with Gasteiger partial charge in [-0.1, -0.05) is 17.7 Å². The molecule has 2 aliphatic rings. The standard InChI is InChI=1S/C26H26ClN5O7/c1-26(2,3)39-25(38)30-18-11-14(5-7-17(18)27)29-24(37)28-12-13-4-6-15-16(10-13)23(36)32(22(15)35)19-8-9-20(33)31-21(19)34/h4-7,10-11,19H,8-9,12H2,1-3H3,(H,30,38)(H2,28,29,37)(H,31,33,34). The molecule has 7 amide bonds. The summed E-state index contributed by atoms with van der Waals surface area (Å²) in [6.45, 7) is 5.19. The molecule has 0 bridgehead atoms. The zero-order valence-corrected chi connectivity index (χ0v) is 22.1. The number of rotatable bonds is 5. The van der Waals surface area contributed by atoms with E-state index in [4.69, 9.17) is 16.3 Å². The van der Waals surface area contributed by atoms with Crippen LogP contribution < -0.4 is 21.3 Å². The largest absolute Gasteiger partial charge is 0.444 e. The number of benzene rings is 2. The third-order valence-electron chi connectivity index (χ3n) is 5.82. The monoisotopic (exact) mass is 555 g/mol. The molecule has 0 aromatic heterocycles. The van der Waals surface area contributed by atoms with Gasteiger partial charge in [-0.3, -0.25) is 34.7 Å². The summed E-state index contributed by atoms with van der Waals surface area (Å²) in [7, 11) is 0. The zero-order chi connectivity index (χ0) is 28.5. The average molecular weight is 556 g/mol. The maximum Gasteiger partial charge on any atom is 0.412 e. The molecule has 4 rings (SSSR count). The molecule has 1 unspecified atom stereocenters. The summed E-state index contributed by atoms with van der Waals surface area (Å²) in [6.07, 6.45) is -0.614. The maximum atomic E-state index is 13.0. The number of hydrogen-bond acceptors (Lipinski definition) is 7. The Bertz CT molecular complexity index is 1400. The van der Waals surface area contributed by atoms with Crippen LogP contribution in [0.3, 0.4) is 0 Å². The molecule has 2 aliphatic heterocycles. The molecule has 4 N–H and O–H groups in total. The van der Waals surface area contributed by atoms with E-state index in [1.807, 2.05) is 0 Å². The number of hydrogen-bond donors (Lipinski definition) is 4. The molecule has 12 nitrogen and oxygen atoms in total. The van der Waals surface area contributed by atoms with Crippen LogP contribution in [0.5, 0.6) is 0 Å². The third-order valence-corrected chi connectivity index (χ3v) is 6.15. The molecule has 39 heavy (non-hydrogen) atoms. The molecular formula is C26H26ClN5O7. The van der Waals surface area contributed by atoms with Gasteiger partial charge < -0.3 is 15.4 Å². The predicted molar refractivity (Wildman–Crippen MR) is 140 cm³/mol. The van der Waals surface area contributed by atoms with Gasteiger partial charge in [0.15, 0.2) is 0 Å². The smallest absolute Gasteiger partial charge is 0.412 e. The summed E-state index contributed by atoms with van der Waals surface area (Å²) in [5.74, 6) is -2.39. The van der Waals surface area contributed by atoms with Crippen molar-refractivity contribution in [2.45, 2.75) is 51.8 Å². The first-order valence-electron chi connectivity index (χ1n) is 12.0. The van der Waals surface area contributed by atoms with Crippen molar-refractivity contribution in [2.24, 2.45) is 0 Å². The third kappa shape index (κ3) is 6.34. The Hall–Kier alpha value is -4.45. The molecule has 1 saturated heterocycles. The van der Waals surface area contributed by atoms with Crippen molar-refractivity contribution in [1.29, 1.82) is 0 Å². The first kappa shape index (κ1) is 27.6. The summed E-state index contributed by atoms with van der Waals surface area (Å²) in [5, 5.41) is 10.2. The molecule has 0 spiro atoms. The Morgan fingerprint density at radius 1 is 1.03 bits per heavy atom. The number of halogens is 1.